The van der Waals surface area contributed by atoms with Crippen molar-refractivity contribution in [1.29, 1.82) is 0 Å². The van der Waals surface area contributed by atoms with Crippen LogP contribution < -0.4 is 4.90 Å². The van der Waals surface area contributed by atoms with Crippen LogP contribution in [0.4, 0.5) is 15.8 Å². The normalized spacial score (nSPS) is 11.3. The molecule has 3 aromatic rings. The van der Waals surface area contributed by atoms with Gasteiger partial charge in [0.2, 0.25) is 5.82 Å². The number of nitro groups is 1. The van der Waals surface area contributed by atoms with Gasteiger partial charge in [-0.25, -0.2) is 0 Å². The summed E-state index contributed by atoms with van der Waals surface area (Å²) in [4.78, 5) is 12.7. The summed E-state index contributed by atoms with van der Waals surface area (Å²) in [5, 5.41) is 10.8. The molecule has 5 heteroatoms. The molecular weight excluding hydrogens is 487 g/mol. The van der Waals surface area contributed by atoms with Crippen LogP contribution in [0, 0.1) is 15.9 Å². The molecule has 0 N–H and O–H groups in total. The molecule has 0 aliphatic rings. The van der Waals surface area contributed by atoms with Crippen molar-refractivity contribution in [2.24, 2.45) is 0 Å². The Balaban J connectivity index is 1.62. The van der Waals surface area contributed by atoms with Crippen LogP contribution in [-0.2, 0) is 0 Å². The lowest BCUT2D eigenvalue weighted by atomic mass is 10.0. The molecule has 0 fully saturated rings. The largest absolute Gasteiger partial charge is 0.372 e. The number of unbranched alkanes of at least 4 members (excludes halogenated alkanes) is 8. The highest BCUT2D eigenvalue weighted by Gasteiger charge is 2.13. The van der Waals surface area contributed by atoms with Gasteiger partial charge in [0.1, 0.15) is 0 Å². The van der Waals surface area contributed by atoms with Gasteiger partial charge in [0.25, 0.3) is 0 Å². The molecule has 3 rings (SSSR count). The van der Waals surface area contributed by atoms with Gasteiger partial charge in [-0.3, -0.25) is 10.1 Å². The number of anilines is 1. The Hall–Kier alpha value is -3.47. The molecule has 0 aliphatic carbocycles. The maximum absolute atomic E-state index is 13.9. The zero-order valence-electron chi connectivity index (χ0n) is 23.6. The summed E-state index contributed by atoms with van der Waals surface area (Å²) in [6.07, 6.45) is 16.6. The Labute approximate surface area is 233 Å². The molecular formula is C34H43FN2O2. The number of nitrogens with zero attached hydrogens (tertiary/aromatic N) is 2. The maximum Gasteiger partial charge on any atom is 0.304 e. The maximum atomic E-state index is 13.9. The van der Waals surface area contributed by atoms with E-state index in [0.717, 1.165) is 24.2 Å². The summed E-state index contributed by atoms with van der Waals surface area (Å²) in [6, 6.07) is 21.1. The minimum atomic E-state index is -0.826. The average molecular weight is 531 g/mol. The van der Waals surface area contributed by atoms with Crippen molar-refractivity contribution in [3.05, 3.63) is 93.8 Å². The number of halogens is 1. The van der Waals surface area contributed by atoms with Crippen molar-refractivity contribution < 1.29 is 9.31 Å². The predicted octanol–water partition coefficient (Wildman–Crippen LogP) is 10.3. The lowest BCUT2D eigenvalue weighted by Gasteiger charge is -2.25. The lowest BCUT2D eigenvalue weighted by Crippen LogP contribution is -2.25. The molecule has 0 amide bonds. The Bertz CT molecular complexity index is 1160. The lowest BCUT2D eigenvalue weighted by molar-refractivity contribution is -0.387. The first-order valence-electron chi connectivity index (χ1n) is 14.6. The van der Waals surface area contributed by atoms with Crippen molar-refractivity contribution in [1.82, 2.24) is 0 Å². The molecule has 0 atom stereocenters. The molecule has 0 radical (unpaired) electrons. The molecule has 0 heterocycles. The van der Waals surface area contributed by atoms with E-state index >= 15 is 0 Å². The van der Waals surface area contributed by atoms with Crippen LogP contribution in [0.5, 0.6) is 0 Å². The second-order valence-electron chi connectivity index (χ2n) is 10.3. The minimum Gasteiger partial charge on any atom is -0.372 e. The molecule has 0 unspecified atom stereocenters. The Morgan fingerprint density at radius 2 is 1.18 bits per heavy atom. The standard InChI is InChI=1S/C34H43FN2O2/c1-3-5-7-9-11-25-36(26-12-10-8-6-4-2)32-22-20-31(21-23-32)30-18-15-28(16-19-30)13-14-29-17-24-34(37(38)39)33(35)27-29/h13-24,27H,3-12,25-26H2,1-2H3/b14-13+. The third-order valence-electron chi connectivity index (χ3n) is 7.18. The molecule has 208 valence electrons. The van der Waals surface area contributed by atoms with Gasteiger partial charge in [-0.2, -0.15) is 4.39 Å². The second-order valence-corrected chi connectivity index (χ2v) is 10.3. The van der Waals surface area contributed by atoms with Gasteiger partial charge in [-0.05, 0) is 59.4 Å². The van der Waals surface area contributed by atoms with E-state index in [1.807, 2.05) is 18.2 Å². The first-order valence-corrected chi connectivity index (χ1v) is 14.6. The van der Waals surface area contributed by atoms with Crippen molar-refractivity contribution in [2.75, 3.05) is 18.0 Å². The number of hydrogen-bond donors (Lipinski definition) is 0. The third-order valence-corrected chi connectivity index (χ3v) is 7.18. The van der Waals surface area contributed by atoms with Crippen LogP contribution in [-0.4, -0.2) is 18.0 Å². The average Bonchev–Trinajstić information content (AvgIpc) is 2.95. The highest BCUT2D eigenvalue weighted by molar-refractivity contribution is 5.73. The third kappa shape index (κ3) is 9.97. The summed E-state index contributed by atoms with van der Waals surface area (Å²) in [7, 11) is 0. The van der Waals surface area contributed by atoms with Gasteiger partial charge in [-0.15, -0.1) is 0 Å². The molecule has 0 saturated carbocycles. The second kappa shape index (κ2) is 16.5. The monoisotopic (exact) mass is 530 g/mol. The number of rotatable bonds is 17. The van der Waals surface area contributed by atoms with Crippen LogP contribution in [0.3, 0.4) is 0 Å². The quantitative estimate of drug-likeness (QED) is 0.0755. The zero-order valence-corrected chi connectivity index (χ0v) is 23.6. The number of hydrogen-bond acceptors (Lipinski definition) is 3. The molecule has 3 aromatic carbocycles. The fourth-order valence-electron chi connectivity index (χ4n) is 4.80. The summed E-state index contributed by atoms with van der Waals surface area (Å²) >= 11 is 0. The van der Waals surface area contributed by atoms with Crippen LogP contribution in [0.1, 0.15) is 89.2 Å². The van der Waals surface area contributed by atoms with E-state index in [9.17, 15) is 14.5 Å². The molecule has 0 saturated heterocycles. The first kappa shape index (κ1) is 30.1. The Morgan fingerprint density at radius 1 is 0.692 bits per heavy atom. The van der Waals surface area contributed by atoms with Crippen molar-refractivity contribution >= 4 is 23.5 Å². The number of nitro benzene ring substituents is 1. The molecule has 0 spiro atoms. The van der Waals surface area contributed by atoms with E-state index in [2.05, 4.69) is 55.1 Å². The summed E-state index contributed by atoms with van der Waals surface area (Å²) < 4.78 is 13.9. The smallest absolute Gasteiger partial charge is 0.304 e. The summed E-state index contributed by atoms with van der Waals surface area (Å²) in [5.41, 5.74) is 4.68. The summed E-state index contributed by atoms with van der Waals surface area (Å²) in [6.45, 7) is 6.77. The Kier molecular flexibility index (Phi) is 12.7. The summed E-state index contributed by atoms with van der Waals surface area (Å²) in [5.74, 6) is -0.826. The SMILES string of the molecule is CCCCCCCN(CCCCCCC)c1ccc(-c2ccc(/C=C/c3ccc([N+](=O)[O-])c(F)c3)cc2)cc1. The van der Waals surface area contributed by atoms with Crippen molar-refractivity contribution in [3.8, 4) is 11.1 Å². The van der Waals surface area contributed by atoms with Crippen LogP contribution >= 0.6 is 0 Å². The van der Waals surface area contributed by atoms with E-state index < -0.39 is 16.4 Å². The minimum absolute atomic E-state index is 0.510. The van der Waals surface area contributed by atoms with Gasteiger partial charge in [-0.1, -0.05) is 114 Å². The van der Waals surface area contributed by atoms with E-state index in [0.29, 0.717) is 5.56 Å². The molecule has 0 bridgehead atoms. The molecule has 0 aliphatic heterocycles. The highest BCUT2D eigenvalue weighted by Crippen LogP contribution is 2.25. The molecule has 0 aromatic heterocycles. The topological polar surface area (TPSA) is 46.4 Å². The first-order chi connectivity index (χ1) is 19.0. The molecule has 39 heavy (non-hydrogen) atoms. The zero-order chi connectivity index (χ0) is 27.9. The van der Waals surface area contributed by atoms with E-state index in [4.69, 9.17) is 0 Å². The Morgan fingerprint density at radius 3 is 1.69 bits per heavy atom. The van der Waals surface area contributed by atoms with E-state index in [1.54, 1.807) is 12.1 Å². The van der Waals surface area contributed by atoms with Gasteiger partial charge in [0.05, 0.1) is 4.92 Å². The van der Waals surface area contributed by atoms with Crippen LogP contribution in [0.2, 0.25) is 0 Å². The van der Waals surface area contributed by atoms with E-state index in [1.165, 1.54) is 87.6 Å². The number of benzene rings is 3. The van der Waals surface area contributed by atoms with Gasteiger partial charge >= 0.3 is 5.69 Å². The van der Waals surface area contributed by atoms with Gasteiger partial charge < -0.3 is 4.90 Å². The van der Waals surface area contributed by atoms with Gasteiger partial charge in [0.15, 0.2) is 0 Å². The fraction of sp³-hybridized carbons (Fsp3) is 0.412. The molecule has 4 nitrogen and oxygen atoms in total. The predicted molar refractivity (Wildman–Crippen MR) is 164 cm³/mol. The highest BCUT2D eigenvalue weighted by atomic mass is 19.1. The fourth-order valence-corrected chi connectivity index (χ4v) is 4.80. The van der Waals surface area contributed by atoms with Crippen LogP contribution in [0.25, 0.3) is 23.3 Å². The van der Waals surface area contributed by atoms with Crippen molar-refractivity contribution in [2.45, 2.75) is 78.1 Å². The van der Waals surface area contributed by atoms with Gasteiger partial charge in [0, 0.05) is 24.8 Å². The van der Waals surface area contributed by atoms with Crippen LogP contribution in [0.15, 0.2) is 66.7 Å². The van der Waals surface area contributed by atoms with Crippen molar-refractivity contribution in [3.63, 3.8) is 0 Å². The van der Waals surface area contributed by atoms with E-state index in [-0.39, 0.29) is 0 Å².